The van der Waals surface area contributed by atoms with Gasteiger partial charge >= 0.3 is 6.18 Å². The van der Waals surface area contributed by atoms with Crippen molar-refractivity contribution >= 4 is 23.1 Å². The number of halogens is 3. The number of allylic oxidation sites excluding steroid dienone is 2. The van der Waals surface area contributed by atoms with Gasteiger partial charge in [-0.2, -0.15) is 23.3 Å². The number of fused-ring (bicyclic) bond motifs is 1. The number of aromatic nitrogens is 3. The molecule has 0 fully saturated rings. The van der Waals surface area contributed by atoms with Crippen molar-refractivity contribution < 1.29 is 22.7 Å². The zero-order chi connectivity index (χ0) is 24.6. The Morgan fingerprint density at radius 3 is 2.57 bits per heavy atom. The maximum atomic E-state index is 14.2. The molecule has 6 nitrogen and oxygen atoms in total. The van der Waals surface area contributed by atoms with Crippen LogP contribution in [0.25, 0.3) is 0 Å². The molecule has 10 heteroatoms. The minimum atomic E-state index is -4.82. The zero-order valence-corrected chi connectivity index (χ0v) is 19.2. The number of ketones is 1. The molecule has 178 valence electrons. The number of nitrogens with zero attached hydrogens (tertiary/aromatic N) is 3. The van der Waals surface area contributed by atoms with E-state index in [9.17, 15) is 18.0 Å². The van der Waals surface area contributed by atoms with E-state index in [0.717, 1.165) is 11.2 Å². The SMILES string of the molecule is CCc1ccc(C(=O)C2=C(C(F)(F)F)Nc3ncnn3[C@@H]2c2cccc(Oc3ccccc3)c2)s1. The zero-order valence-electron chi connectivity index (χ0n) is 18.4. The predicted octanol–water partition coefficient (Wildman–Crippen LogP) is 6.41. The van der Waals surface area contributed by atoms with E-state index in [1.807, 2.05) is 25.1 Å². The first kappa shape index (κ1) is 22.9. The summed E-state index contributed by atoms with van der Waals surface area (Å²) in [6, 6.07) is 17.8. The van der Waals surface area contributed by atoms with E-state index in [1.165, 1.54) is 16.0 Å². The third-order valence-electron chi connectivity index (χ3n) is 5.51. The Kier molecular flexibility index (Phi) is 5.89. The molecule has 5 rings (SSSR count). The highest BCUT2D eigenvalue weighted by Gasteiger charge is 2.46. The van der Waals surface area contributed by atoms with Crippen LogP contribution in [0.4, 0.5) is 19.1 Å². The molecule has 3 heterocycles. The molecule has 1 atom stereocenters. The number of hydrogen-bond acceptors (Lipinski definition) is 6. The highest BCUT2D eigenvalue weighted by Crippen LogP contribution is 2.43. The molecule has 4 aromatic rings. The number of ether oxygens (including phenoxy) is 1. The van der Waals surface area contributed by atoms with Crippen molar-refractivity contribution in [1.82, 2.24) is 14.8 Å². The molecule has 0 saturated heterocycles. The Bertz CT molecular complexity index is 1410. The lowest BCUT2D eigenvalue weighted by molar-refractivity contribution is -0.0918. The summed E-state index contributed by atoms with van der Waals surface area (Å²) < 4.78 is 49.9. The molecule has 35 heavy (non-hydrogen) atoms. The highest BCUT2D eigenvalue weighted by atomic mass is 32.1. The van der Waals surface area contributed by atoms with Gasteiger partial charge in [0.25, 0.3) is 0 Å². The quantitative estimate of drug-likeness (QED) is 0.313. The van der Waals surface area contributed by atoms with E-state index < -0.39 is 29.3 Å². The molecule has 1 aliphatic rings. The van der Waals surface area contributed by atoms with Gasteiger partial charge in [0.2, 0.25) is 11.7 Å². The molecular formula is C25H19F3N4O2S. The molecule has 2 aromatic carbocycles. The normalized spacial score (nSPS) is 15.5. The largest absolute Gasteiger partial charge is 0.457 e. The van der Waals surface area contributed by atoms with E-state index in [-0.39, 0.29) is 10.8 Å². The molecule has 1 N–H and O–H groups in total. The summed E-state index contributed by atoms with van der Waals surface area (Å²) in [4.78, 5) is 18.7. The number of rotatable bonds is 6. The second-order valence-electron chi connectivity index (χ2n) is 7.78. The summed E-state index contributed by atoms with van der Waals surface area (Å²) >= 11 is 1.18. The van der Waals surface area contributed by atoms with Crippen LogP contribution in [-0.4, -0.2) is 26.7 Å². The maximum absolute atomic E-state index is 14.2. The number of nitrogens with one attached hydrogen (secondary N) is 1. The van der Waals surface area contributed by atoms with Crippen LogP contribution < -0.4 is 10.1 Å². The molecule has 0 radical (unpaired) electrons. The molecule has 2 aromatic heterocycles. The van der Waals surface area contributed by atoms with Crippen LogP contribution in [0.5, 0.6) is 11.5 Å². The van der Waals surface area contributed by atoms with Crippen LogP contribution >= 0.6 is 11.3 Å². The molecular weight excluding hydrogens is 477 g/mol. The Balaban J connectivity index is 1.65. The number of Topliss-reactive ketones (excluding diaryl/α,β-unsaturated/α-hetero) is 1. The van der Waals surface area contributed by atoms with E-state index in [0.29, 0.717) is 23.5 Å². The lowest BCUT2D eigenvalue weighted by Gasteiger charge is -2.30. The van der Waals surface area contributed by atoms with Gasteiger partial charge in [0, 0.05) is 4.88 Å². The average molecular weight is 497 g/mol. The van der Waals surface area contributed by atoms with Crippen molar-refractivity contribution in [1.29, 1.82) is 0 Å². The van der Waals surface area contributed by atoms with Crippen LogP contribution in [0.15, 0.2) is 84.3 Å². The minimum Gasteiger partial charge on any atom is -0.457 e. The number of hydrogen-bond donors (Lipinski definition) is 1. The first-order valence-corrected chi connectivity index (χ1v) is 11.6. The topological polar surface area (TPSA) is 69.0 Å². The number of para-hydroxylation sites is 1. The van der Waals surface area contributed by atoms with Gasteiger partial charge < -0.3 is 10.1 Å². The number of benzene rings is 2. The van der Waals surface area contributed by atoms with Gasteiger partial charge in [-0.15, -0.1) is 11.3 Å². The van der Waals surface area contributed by atoms with Crippen LogP contribution in [0.1, 0.15) is 33.1 Å². The van der Waals surface area contributed by atoms with Crippen LogP contribution in [0, 0.1) is 0 Å². The fourth-order valence-electron chi connectivity index (χ4n) is 3.93. The molecule has 0 bridgehead atoms. The van der Waals surface area contributed by atoms with Crippen molar-refractivity contribution in [2.75, 3.05) is 5.32 Å². The van der Waals surface area contributed by atoms with Crippen LogP contribution in [-0.2, 0) is 6.42 Å². The second-order valence-corrected chi connectivity index (χ2v) is 8.95. The highest BCUT2D eigenvalue weighted by molar-refractivity contribution is 7.14. The second kappa shape index (κ2) is 9.03. The lowest BCUT2D eigenvalue weighted by Crippen LogP contribution is -2.35. The van der Waals surface area contributed by atoms with Crippen LogP contribution in [0.2, 0.25) is 0 Å². The van der Waals surface area contributed by atoms with Crippen molar-refractivity contribution in [2.45, 2.75) is 25.6 Å². The molecule has 0 aliphatic carbocycles. The summed E-state index contributed by atoms with van der Waals surface area (Å²) in [6.45, 7) is 1.92. The first-order valence-electron chi connectivity index (χ1n) is 10.8. The summed E-state index contributed by atoms with van der Waals surface area (Å²) in [5.41, 5.74) is -1.19. The molecule has 0 saturated carbocycles. The number of aryl methyl sites for hydroxylation is 1. The van der Waals surface area contributed by atoms with E-state index >= 15 is 0 Å². The summed E-state index contributed by atoms with van der Waals surface area (Å²) in [6.07, 6.45) is -2.98. The minimum absolute atomic E-state index is 0.103. The van der Waals surface area contributed by atoms with Gasteiger partial charge in [-0.1, -0.05) is 37.3 Å². The predicted molar refractivity (Wildman–Crippen MR) is 126 cm³/mol. The van der Waals surface area contributed by atoms with Crippen molar-refractivity contribution in [3.05, 3.63) is 99.6 Å². The monoisotopic (exact) mass is 496 g/mol. The Hall–Kier alpha value is -3.92. The van der Waals surface area contributed by atoms with Crippen molar-refractivity contribution in [3.8, 4) is 11.5 Å². The van der Waals surface area contributed by atoms with Gasteiger partial charge in [-0.3, -0.25) is 4.79 Å². The van der Waals surface area contributed by atoms with E-state index in [4.69, 9.17) is 4.74 Å². The third-order valence-corrected chi connectivity index (χ3v) is 6.74. The fraction of sp³-hybridized carbons (Fsp3) is 0.160. The number of alkyl halides is 3. The van der Waals surface area contributed by atoms with Crippen molar-refractivity contribution in [3.63, 3.8) is 0 Å². The van der Waals surface area contributed by atoms with Crippen molar-refractivity contribution in [2.24, 2.45) is 0 Å². The van der Waals surface area contributed by atoms with Gasteiger partial charge in [-0.05, 0) is 48.4 Å². The molecule has 1 aliphatic heterocycles. The lowest BCUT2D eigenvalue weighted by atomic mass is 9.91. The Morgan fingerprint density at radius 1 is 1.09 bits per heavy atom. The first-order chi connectivity index (χ1) is 16.8. The Labute approximate surface area is 202 Å². The fourth-order valence-corrected chi connectivity index (χ4v) is 4.83. The van der Waals surface area contributed by atoms with Gasteiger partial charge in [-0.25, -0.2) is 4.68 Å². The van der Waals surface area contributed by atoms with E-state index in [1.54, 1.807) is 48.5 Å². The number of carbonyl (C=O) groups excluding carboxylic acids is 1. The van der Waals surface area contributed by atoms with Gasteiger partial charge in [0.1, 0.15) is 29.6 Å². The maximum Gasteiger partial charge on any atom is 0.431 e. The standard InChI is InChI=1S/C25H19F3N4O2S/c1-2-18-11-12-19(35-18)22(33)20-21(32-24(29-14-30-32)31-23(20)25(26,27)28)15-7-6-10-17(13-15)34-16-8-4-3-5-9-16/h3-14,21H,2H2,1H3,(H,29,30,31)/t21-/m1/s1. The number of thiophene rings is 1. The van der Waals surface area contributed by atoms with Gasteiger partial charge in [0.15, 0.2) is 0 Å². The summed E-state index contributed by atoms with van der Waals surface area (Å²) in [7, 11) is 0. The van der Waals surface area contributed by atoms with Gasteiger partial charge in [0.05, 0.1) is 10.5 Å². The van der Waals surface area contributed by atoms with Crippen LogP contribution in [0.3, 0.4) is 0 Å². The Morgan fingerprint density at radius 2 is 1.86 bits per heavy atom. The third kappa shape index (κ3) is 4.44. The van der Waals surface area contributed by atoms with E-state index in [2.05, 4.69) is 15.4 Å². The average Bonchev–Trinajstić information content (AvgIpc) is 3.52. The number of anilines is 1. The molecule has 0 spiro atoms. The summed E-state index contributed by atoms with van der Waals surface area (Å²) in [5.74, 6) is 0.173. The smallest absolute Gasteiger partial charge is 0.431 e. The summed E-state index contributed by atoms with van der Waals surface area (Å²) in [5, 5.41) is 6.43. The molecule has 0 amide bonds. The molecule has 0 unspecified atom stereocenters. The number of carbonyl (C=O) groups is 1.